The van der Waals surface area contributed by atoms with Crippen LogP contribution in [0.5, 0.6) is 5.75 Å². The molecule has 0 aliphatic heterocycles. The number of amides is 2. The van der Waals surface area contributed by atoms with E-state index in [9.17, 15) is 18.0 Å². The SMILES string of the molecule is N#Cc1ccc(NC(=NNC(=O)Nc2ccc(OC(F)(F)F)cc2)n2cccc2)cc1. The van der Waals surface area contributed by atoms with Gasteiger partial charge in [-0.3, -0.25) is 4.57 Å². The van der Waals surface area contributed by atoms with Crippen LogP contribution in [0, 0.1) is 11.3 Å². The highest BCUT2D eigenvalue weighted by atomic mass is 19.4. The summed E-state index contributed by atoms with van der Waals surface area (Å²) in [5, 5.41) is 18.4. The number of nitrogens with zero attached hydrogens (tertiary/aromatic N) is 3. The number of nitriles is 1. The molecule has 0 aliphatic rings. The third-order valence-corrected chi connectivity index (χ3v) is 3.73. The number of carbonyl (C=O) groups excluding carboxylic acids is 1. The van der Waals surface area contributed by atoms with Crippen molar-refractivity contribution in [1.82, 2.24) is 9.99 Å². The Morgan fingerprint density at radius 2 is 1.55 bits per heavy atom. The van der Waals surface area contributed by atoms with Crippen molar-refractivity contribution in [2.45, 2.75) is 6.36 Å². The second kappa shape index (κ2) is 9.36. The molecule has 3 N–H and O–H groups in total. The van der Waals surface area contributed by atoms with Gasteiger partial charge < -0.3 is 15.4 Å². The van der Waals surface area contributed by atoms with E-state index >= 15 is 0 Å². The Morgan fingerprint density at radius 1 is 0.968 bits per heavy atom. The quantitative estimate of drug-likeness (QED) is 0.327. The maximum Gasteiger partial charge on any atom is 0.573 e. The highest BCUT2D eigenvalue weighted by Gasteiger charge is 2.30. The summed E-state index contributed by atoms with van der Waals surface area (Å²) in [6.45, 7) is 0. The van der Waals surface area contributed by atoms with Crippen LogP contribution in [-0.4, -0.2) is 22.9 Å². The molecule has 0 radical (unpaired) electrons. The van der Waals surface area contributed by atoms with Crippen molar-refractivity contribution >= 4 is 23.4 Å². The minimum absolute atomic E-state index is 0.241. The van der Waals surface area contributed by atoms with Crippen LogP contribution >= 0.6 is 0 Å². The summed E-state index contributed by atoms with van der Waals surface area (Å²) < 4.78 is 42.0. The Kier molecular flexibility index (Phi) is 6.42. The number of urea groups is 1. The highest BCUT2D eigenvalue weighted by molar-refractivity contribution is 5.97. The number of hydrazone groups is 1. The molecule has 0 unspecified atom stereocenters. The molecule has 1 aromatic heterocycles. The summed E-state index contributed by atoms with van der Waals surface area (Å²) in [6.07, 6.45) is -1.39. The molecule has 3 aromatic rings. The van der Waals surface area contributed by atoms with Crippen LogP contribution in [0.3, 0.4) is 0 Å². The second-order valence-electron chi connectivity index (χ2n) is 5.98. The van der Waals surface area contributed by atoms with Gasteiger partial charge in [-0.15, -0.1) is 18.3 Å². The van der Waals surface area contributed by atoms with E-state index < -0.39 is 18.1 Å². The normalized spacial score (nSPS) is 11.4. The number of benzene rings is 2. The first kappa shape index (κ1) is 21.3. The molecule has 0 bridgehead atoms. The second-order valence-corrected chi connectivity index (χ2v) is 5.98. The highest BCUT2D eigenvalue weighted by Crippen LogP contribution is 2.23. The van der Waals surface area contributed by atoms with E-state index in [1.807, 2.05) is 6.07 Å². The van der Waals surface area contributed by atoms with Gasteiger partial charge in [0.25, 0.3) is 0 Å². The molecular formula is C20H15F3N6O2. The minimum Gasteiger partial charge on any atom is -0.406 e. The summed E-state index contributed by atoms with van der Waals surface area (Å²) in [5.41, 5.74) is 3.67. The predicted molar refractivity (Wildman–Crippen MR) is 107 cm³/mol. The van der Waals surface area contributed by atoms with E-state index in [2.05, 4.69) is 25.9 Å². The number of aromatic nitrogens is 1. The lowest BCUT2D eigenvalue weighted by Gasteiger charge is -2.12. The van der Waals surface area contributed by atoms with Crippen molar-refractivity contribution in [3.05, 3.63) is 78.6 Å². The Labute approximate surface area is 174 Å². The van der Waals surface area contributed by atoms with Gasteiger partial charge in [0.1, 0.15) is 5.75 Å². The van der Waals surface area contributed by atoms with Crippen LogP contribution in [0.15, 0.2) is 78.2 Å². The van der Waals surface area contributed by atoms with Crippen molar-refractivity contribution in [1.29, 1.82) is 5.26 Å². The fourth-order valence-electron chi connectivity index (χ4n) is 2.39. The first-order valence-corrected chi connectivity index (χ1v) is 8.73. The molecule has 0 spiro atoms. The Balaban J connectivity index is 1.65. The van der Waals surface area contributed by atoms with E-state index in [4.69, 9.17) is 5.26 Å². The van der Waals surface area contributed by atoms with Crippen molar-refractivity contribution in [3.63, 3.8) is 0 Å². The zero-order valence-corrected chi connectivity index (χ0v) is 15.7. The Hall–Kier alpha value is -4.46. The topological polar surface area (TPSA) is 103 Å². The van der Waals surface area contributed by atoms with Crippen LogP contribution in [0.2, 0.25) is 0 Å². The minimum atomic E-state index is -4.79. The molecule has 0 aliphatic carbocycles. The van der Waals surface area contributed by atoms with Crippen molar-refractivity contribution in [3.8, 4) is 11.8 Å². The Bertz CT molecular complexity index is 1090. The summed E-state index contributed by atoms with van der Waals surface area (Å²) in [7, 11) is 0. The van der Waals surface area contributed by atoms with E-state index in [-0.39, 0.29) is 11.6 Å². The van der Waals surface area contributed by atoms with Gasteiger partial charge in [-0.2, -0.15) is 5.26 Å². The number of rotatable bonds is 4. The molecule has 158 valence electrons. The number of halogens is 3. The number of alkyl halides is 3. The van der Waals surface area contributed by atoms with Crippen LogP contribution in [0.25, 0.3) is 0 Å². The molecule has 0 fully saturated rings. The molecule has 0 atom stereocenters. The van der Waals surface area contributed by atoms with E-state index in [0.717, 1.165) is 12.1 Å². The van der Waals surface area contributed by atoms with Crippen LogP contribution < -0.4 is 20.8 Å². The predicted octanol–water partition coefficient (Wildman–Crippen LogP) is 4.31. The van der Waals surface area contributed by atoms with Crippen LogP contribution in [0.4, 0.5) is 29.3 Å². The van der Waals surface area contributed by atoms with Gasteiger partial charge in [-0.25, -0.2) is 10.2 Å². The van der Waals surface area contributed by atoms with Gasteiger partial charge in [-0.05, 0) is 60.7 Å². The standard InChI is InChI=1S/C20H15F3N6O2/c21-20(22,23)31-17-9-7-16(8-10-17)26-19(30)28-27-18(29-11-1-2-12-29)25-15-5-3-14(13-24)4-6-15/h1-12H,(H,25,27)(H2,26,28,30). The Morgan fingerprint density at radius 3 is 2.13 bits per heavy atom. The van der Waals surface area contributed by atoms with Gasteiger partial charge in [0.15, 0.2) is 0 Å². The molecule has 11 heteroatoms. The van der Waals surface area contributed by atoms with Crippen LogP contribution in [0.1, 0.15) is 5.56 Å². The third-order valence-electron chi connectivity index (χ3n) is 3.73. The lowest BCUT2D eigenvalue weighted by molar-refractivity contribution is -0.274. The lowest BCUT2D eigenvalue weighted by atomic mass is 10.2. The number of ether oxygens (including phenoxy) is 1. The first-order chi connectivity index (χ1) is 14.8. The molecule has 0 saturated carbocycles. The fraction of sp³-hybridized carbons (Fsp3) is 0.0500. The molecule has 8 nitrogen and oxygen atoms in total. The molecule has 1 heterocycles. The molecule has 3 rings (SSSR count). The molecular weight excluding hydrogens is 413 g/mol. The summed E-state index contributed by atoms with van der Waals surface area (Å²) in [4.78, 5) is 12.1. The number of carbonyl (C=O) groups is 1. The molecule has 0 saturated heterocycles. The zero-order valence-electron chi connectivity index (χ0n) is 15.7. The number of hydrogen-bond donors (Lipinski definition) is 3. The number of nitrogens with one attached hydrogen (secondary N) is 3. The van der Waals surface area contributed by atoms with E-state index in [0.29, 0.717) is 11.3 Å². The van der Waals surface area contributed by atoms with E-state index in [1.165, 1.54) is 12.1 Å². The smallest absolute Gasteiger partial charge is 0.406 e. The molecule has 2 amide bonds. The van der Waals surface area contributed by atoms with Gasteiger partial charge in [0, 0.05) is 23.8 Å². The summed E-state index contributed by atoms with van der Waals surface area (Å²) >= 11 is 0. The maximum atomic E-state index is 12.2. The molecule has 31 heavy (non-hydrogen) atoms. The summed E-state index contributed by atoms with van der Waals surface area (Å²) in [5.74, 6) is -0.142. The van der Waals surface area contributed by atoms with E-state index in [1.54, 1.807) is 53.4 Å². The summed E-state index contributed by atoms with van der Waals surface area (Å²) in [6, 6.07) is 16.1. The number of hydrogen-bond acceptors (Lipinski definition) is 4. The largest absolute Gasteiger partial charge is 0.573 e. The van der Waals surface area contributed by atoms with Crippen LogP contribution in [-0.2, 0) is 0 Å². The zero-order chi connectivity index (χ0) is 22.3. The van der Waals surface area contributed by atoms with Gasteiger partial charge in [0.05, 0.1) is 11.6 Å². The first-order valence-electron chi connectivity index (χ1n) is 8.73. The van der Waals surface area contributed by atoms with Crippen molar-refractivity contribution in [2.24, 2.45) is 5.10 Å². The maximum absolute atomic E-state index is 12.2. The van der Waals surface area contributed by atoms with Crippen molar-refractivity contribution < 1.29 is 22.7 Å². The van der Waals surface area contributed by atoms with Crippen molar-refractivity contribution in [2.75, 3.05) is 10.6 Å². The number of anilines is 2. The average Bonchev–Trinajstić information content (AvgIpc) is 3.27. The lowest BCUT2D eigenvalue weighted by Crippen LogP contribution is -2.30. The monoisotopic (exact) mass is 428 g/mol. The molecule has 2 aromatic carbocycles. The van der Waals surface area contributed by atoms with Gasteiger partial charge in [-0.1, -0.05) is 0 Å². The van der Waals surface area contributed by atoms with Gasteiger partial charge in [0.2, 0.25) is 5.96 Å². The fourth-order valence-corrected chi connectivity index (χ4v) is 2.39. The van der Waals surface area contributed by atoms with Gasteiger partial charge >= 0.3 is 12.4 Å². The average molecular weight is 428 g/mol. The third kappa shape index (κ3) is 6.53.